The van der Waals surface area contributed by atoms with Crippen LogP contribution in [-0.4, -0.2) is 25.7 Å². The highest BCUT2D eigenvalue weighted by Gasteiger charge is 2.23. The molecule has 2 aromatic rings. The molecule has 0 bridgehead atoms. The van der Waals surface area contributed by atoms with E-state index in [1.807, 2.05) is 0 Å². The molecule has 2 rings (SSSR count). The van der Waals surface area contributed by atoms with E-state index < -0.39 is 24.1 Å². The third kappa shape index (κ3) is 2.95. The van der Waals surface area contributed by atoms with Crippen LogP contribution in [0.1, 0.15) is 41.0 Å². The number of rotatable bonds is 4. The van der Waals surface area contributed by atoms with Crippen molar-refractivity contribution >= 4 is 5.91 Å². The third-order valence-electron chi connectivity index (χ3n) is 2.74. The van der Waals surface area contributed by atoms with Gasteiger partial charge in [-0.3, -0.25) is 9.48 Å². The maximum atomic E-state index is 12.8. The fourth-order valence-electron chi connectivity index (χ4n) is 1.73. The van der Waals surface area contributed by atoms with Crippen molar-refractivity contribution in [2.45, 2.75) is 19.4 Å². The van der Waals surface area contributed by atoms with Gasteiger partial charge in [0.1, 0.15) is 12.0 Å². The lowest BCUT2D eigenvalue weighted by Crippen LogP contribution is -2.27. The number of aryl methyl sites for hydroxylation is 1. The Morgan fingerprint density at radius 2 is 2.00 bits per heavy atom. The van der Waals surface area contributed by atoms with Crippen LogP contribution in [-0.2, 0) is 7.05 Å². The highest BCUT2D eigenvalue weighted by molar-refractivity contribution is 5.95. The number of halogens is 2. The van der Waals surface area contributed by atoms with Gasteiger partial charge in [-0.1, -0.05) is 0 Å². The lowest BCUT2D eigenvalue weighted by molar-refractivity contribution is 0.0925. The predicted molar refractivity (Wildman–Crippen MR) is 66.1 cm³/mol. The number of amides is 1. The van der Waals surface area contributed by atoms with Gasteiger partial charge >= 0.3 is 0 Å². The number of hydrogen-bond donors (Lipinski definition) is 1. The molecule has 2 heterocycles. The first-order chi connectivity index (χ1) is 9.49. The zero-order chi connectivity index (χ0) is 14.7. The van der Waals surface area contributed by atoms with Gasteiger partial charge < -0.3 is 5.32 Å². The molecule has 1 N–H and O–H groups in total. The van der Waals surface area contributed by atoms with Crippen LogP contribution in [0.2, 0.25) is 0 Å². The molecule has 0 saturated heterocycles. The van der Waals surface area contributed by atoms with Crippen molar-refractivity contribution in [1.82, 2.24) is 25.1 Å². The highest BCUT2D eigenvalue weighted by atomic mass is 19.3. The molecule has 0 aromatic carbocycles. The SMILES string of the molecule is CC(NC(=O)c1cn(C)nc1C(F)F)c1cncnc1. The van der Waals surface area contributed by atoms with E-state index >= 15 is 0 Å². The molecule has 6 nitrogen and oxygen atoms in total. The maximum Gasteiger partial charge on any atom is 0.282 e. The van der Waals surface area contributed by atoms with E-state index in [9.17, 15) is 13.6 Å². The molecule has 20 heavy (non-hydrogen) atoms. The van der Waals surface area contributed by atoms with Crippen LogP contribution < -0.4 is 5.32 Å². The second-order valence-corrected chi connectivity index (χ2v) is 4.27. The van der Waals surface area contributed by atoms with Crippen LogP contribution in [0.25, 0.3) is 0 Å². The van der Waals surface area contributed by atoms with Crippen LogP contribution >= 0.6 is 0 Å². The minimum atomic E-state index is -2.80. The van der Waals surface area contributed by atoms with Crippen LogP contribution in [0, 0.1) is 0 Å². The summed E-state index contributed by atoms with van der Waals surface area (Å²) in [6, 6.07) is -0.394. The lowest BCUT2D eigenvalue weighted by atomic mass is 10.1. The number of hydrogen-bond acceptors (Lipinski definition) is 4. The first kappa shape index (κ1) is 14.0. The molecule has 1 atom stereocenters. The second kappa shape index (κ2) is 5.72. The van der Waals surface area contributed by atoms with E-state index in [0.717, 1.165) is 0 Å². The van der Waals surface area contributed by atoms with Gasteiger partial charge in [0.25, 0.3) is 12.3 Å². The molecule has 0 saturated carbocycles. The Balaban J connectivity index is 2.16. The van der Waals surface area contributed by atoms with Crippen LogP contribution in [0.4, 0.5) is 8.78 Å². The zero-order valence-corrected chi connectivity index (χ0v) is 10.9. The van der Waals surface area contributed by atoms with Crippen LogP contribution in [0.5, 0.6) is 0 Å². The number of aromatic nitrogens is 4. The summed E-state index contributed by atoms with van der Waals surface area (Å²) in [5.74, 6) is -0.607. The summed E-state index contributed by atoms with van der Waals surface area (Å²) in [5, 5.41) is 6.21. The Hall–Kier alpha value is -2.38. The molecule has 1 unspecified atom stereocenters. The average molecular weight is 281 g/mol. The smallest absolute Gasteiger partial charge is 0.282 e. The molecule has 0 radical (unpaired) electrons. The van der Waals surface area contributed by atoms with E-state index in [-0.39, 0.29) is 5.56 Å². The molecule has 0 aliphatic heterocycles. The average Bonchev–Trinajstić information content (AvgIpc) is 2.82. The monoisotopic (exact) mass is 281 g/mol. The molecule has 0 aliphatic rings. The van der Waals surface area contributed by atoms with E-state index in [2.05, 4.69) is 20.4 Å². The summed E-state index contributed by atoms with van der Waals surface area (Å²) >= 11 is 0. The van der Waals surface area contributed by atoms with E-state index in [0.29, 0.717) is 5.56 Å². The first-order valence-electron chi connectivity index (χ1n) is 5.86. The van der Waals surface area contributed by atoms with Crippen LogP contribution in [0.15, 0.2) is 24.9 Å². The van der Waals surface area contributed by atoms with Gasteiger partial charge in [-0.15, -0.1) is 0 Å². The number of alkyl halides is 2. The normalized spacial score (nSPS) is 12.4. The quantitative estimate of drug-likeness (QED) is 0.924. The third-order valence-corrected chi connectivity index (χ3v) is 2.74. The molecule has 0 fully saturated rings. The Morgan fingerprint density at radius 1 is 1.35 bits per heavy atom. The summed E-state index contributed by atoms with van der Waals surface area (Å²) in [5.41, 5.74) is 0.0241. The molecule has 1 amide bonds. The van der Waals surface area contributed by atoms with Crippen molar-refractivity contribution in [3.8, 4) is 0 Å². The summed E-state index contributed by atoms with van der Waals surface area (Å²) in [4.78, 5) is 19.7. The molecule has 106 valence electrons. The van der Waals surface area contributed by atoms with Gasteiger partial charge in [0, 0.05) is 31.2 Å². The van der Waals surface area contributed by atoms with E-state index in [1.54, 1.807) is 19.3 Å². The molecule has 0 aliphatic carbocycles. The lowest BCUT2D eigenvalue weighted by Gasteiger charge is -2.13. The standard InChI is InChI=1S/C12H13F2N5O/c1-7(8-3-15-6-16-4-8)17-12(20)9-5-19(2)18-10(9)11(13)14/h3-7,11H,1-2H3,(H,17,20). The molecule has 2 aromatic heterocycles. The van der Waals surface area contributed by atoms with Crippen molar-refractivity contribution in [1.29, 1.82) is 0 Å². The van der Waals surface area contributed by atoms with Gasteiger partial charge in [-0.25, -0.2) is 18.7 Å². The van der Waals surface area contributed by atoms with Crippen LogP contribution in [0.3, 0.4) is 0 Å². The Bertz CT molecular complexity index is 599. The summed E-state index contributed by atoms with van der Waals surface area (Å²) in [7, 11) is 1.48. The van der Waals surface area contributed by atoms with E-state index in [1.165, 1.54) is 24.3 Å². The van der Waals surface area contributed by atoms with Crippen molar-refractivity contribution < 1.29 is 13.6 Å². The molecule has 0 spiro atoms. The largest absolute Gasteiger partial charge is 0.345 e. The number of carbonyl (C=O) groups is 1. The fraction of sp³-hybridized carbons (Fsp3) is 0.333. The Labute approximate surface area is 113 Å². The highest BCUT2D eigenvalue weighted by Crippen LogP contribution is 2.21. The topological polar surface area (TPSA) is 72.7 Å². The maximum absolute atomic E-state index is 12.8. The molecule has 8 heteroatoms. The van der Waals surface area contributed by atoms with Crippen molar-refractivity contribution in [2.75, 3.05) is 0 Å². The van der Waals surface area contributed by atoms with Gasteiger partial charge in [0.05, 0.1) is 11.6 Å². The summed E-state index contributed by atoms with van der Waals surface area (Å²) in [6.45, 7) is 1.72. The predicted octanol–water partition coefficient (Wildman–Crippen LogP) is 1.64. The molecular formula is C12H13F2N5O. The van der Waals surface area contributed by atoms with Crippen molar-refractivity contribution in [3.63, 3.8) is 0 Å². The van der Waals surface area contributed by atoms with Gasteiger partial charge in [0.15, 0.2) is 0 Å². The number of nitrogens with zero attached hydrogens (tertiary/aromatic N) is 4. The van der Waals surface area contributed by atoms with Gasteiger partial charge in [0.2, 0.25) is 0 Å². The second-order valence-electron chi connectivity index (χ2n) is 4.27. The fourth-order valence-corrected chi connectivity index (χ4v) is 1.73. The van der Waals surface area contributed by atoms with E-state index in [4.69, 9.17) is 0 Å². The first-order valence-corrected chi connectivity index (χ1v) is 5.86. The van der Waals surface area contributed by atoms with Crippen molar-refractivity contribution in [3.05, 3.63) is 41.7 Å². The summed E-state index contributed by atoms with van der Waals surface area (Å²) in [6.07, 6.45) is 2.94. The minimum Gasteiger partial charge on any atom is -0.345 e. The number of nitrogens with one attached hydrogen (secondary N) is 1. The minimum absolute atomic E-state index is 0.133. The Morgan fingerprint density at radius 3 is 2.60 bits per heavy atom. The summed E-state index contributed by atoms with van der Waals surface area (Å²) < 4.78 is 26.8. The Kier molecular flexibility index (Phi) is 4.02. The van der Waals surface area contributed by atoms with Gasteiger partial charge in [-0.2, -0.15) is 5.10 Å². The van der Waals surface area contributed by atoms with Gasteiger partial charge in [-0.05, 0) is 6.92 Å². The zero-order valence-electron chi connectivity index (χ0n) is 10.9. The number of carbonyl (C=O) groups excluding carboxylic acids is 1. The van der Waals surface area contributed by atoms with Crippen molar-refractivity contribution in [2.24, 2.45) is 7.05 Å². The molecular weight excluding hydrogens is 268 g/mol.